The molecule has 0 bridgehead atoms. The summed E-state index contributed by atoms with van der Waals surface area (Å²) in [5.41, 5.74) is 0.924. The molecule has 0 radical (unpaired) electrons. The van der Waals surface area contributed by atoms with Gasteiger partial charge in [-0.1, -0.05) is 13.8 Å². The SMILES string of the molecule is Cc1cc(N2CCC[C@H](N3CCN(C(=O)C(C)C)CC3)C2=O)n(C)n1. The number of amides is 2. The van der Waals surface area contributed by atoms with Crippen LogP contribution in [0, 0.1) is 12.8 Å². The number of piperidine rings is 1. The summed E-state index contributed by atoms with van der Waals surface area (Å²) in [6.45, 7) is 9.54. The van der Waals surface area contributed by atoms with Gasteiger partial charge in [-0.3, -0.25) is 24.1 Å². The topological polar surface area (TPSA) is 61.7 Å². The van der Waals surface area contributed by atoms with E-state index in [1.165, 1.54) is 0 Å². The smallest absolute Gasteiger partial charge is 0.245 e. The average Bonchev–Trinajstić information content (AvgIpc) is 2.92. The van der Waals surface area contributed by atoms with Crippen molar-refractivity contribution in [2.75, 3.05) is 37.6 Å². The Morgan fingerprint density at radius 1 is 1.20 bits per heavy atom. The van der Waals surface area contributed by atoms with Crippen LogP contribution in [0.15, 0.2) is 6.07 Å². The van der Waals surface area contributed by atoms with Crippen molar-refractivity contribution in [3.05, 3.63) is 11.8 Å². The summed E-state index contributed by atoms with van der Waals surface area (Å²) in [6, 6.07) is 1.89. The molecule has 2 aliphatic rings. The number of hydrogen-bond donors (Lipinski definition) is 0. The Morgan fingerprint density at radius 3 is 2.44 bits per heavy atom. The predicted octanol–water partition coefficient (Wildman–Crippen LogP) is 1.02. The first-order valence-electron chi connectivity index (χ1n) is 9.23. The van der Waals surface area contributed by atoms with Crippen molar-refractivity contribution < 1.29 is 9.59 Å². The highest BCUT2D eigenvalue weighted by Crippen LogP contribution is 2.25. The number of rotatable bonds is 3. The molecule has 2 amide bonds. The molecule has 0 unspecified atom stereocenters. The lowest BCUT2D eigenvalue weighted by Gasteiger charge is -2.42. The zero-order chi connectivity index (χ0) is 18.1. The number of nitrogens with zero attached hydrogens (tertiary/aromatic N) is 5. The lowest BCUT2D eigenvalue weighted by Crippen LogP contribution is -2.59. The van der Waals surface area contributed by atoms with E-state index in [-0.39, 0.29) is 23.8 Å². The molecule has 2 saturated heterocycles. The Labute approximate surface area is 149 Å². The van der Waals surface area contributed by atoms with Crippen molar-refractivity contribution in [2.24, 2.45) is 13.0 Å². The number of carbonyl (C=O) groups is 2. The highest BCUT2D eigenvalue weighted by molar-refractivity contribution is 5.97. The van der Waals surface area contributed by atoms with Gasteiger partial charge in [-0.25, -0.2) is 0 Å². The minimum Gasteiger partial charge on any atom is -0.340 e. The van der Waals surface area contributed by atoms with Crippen LogP contribution in [-0.4, -0.2) is 70.2 Å². The Balaban J connectivity index is 1.66. The molecule has 0 saturated carbocycles. The maximum Gasteiger partial charge on any atom is 0.245 e. The Bertz CT molecular complexity index is 646. The predicted molar refractivity (Wildman–Crippen MR) is 96.3 cm³/mol. The van der Waals surface area contributed by atoms with Crippen LogP contribution < -0.4 is 4.90 Å². The first-order valence-corrected chi connectivity index (χ1v) is 9.23. The van der Waals surface area contributed by atoms with Gasteiger partial charge in [-0.15, -0.1) is 0 Å². The summed E-state index contributed by atoms with van der Waals surface area (Å²) < 4.78 is 1.79. The fraction of sp³-hybridized carbons (Fsp3) is 0.722. The summed E-state index contributed by atoms with van der Waals surface area (Å²) >= 11 is 0. The molecule has 0 spiro atoms. The van der Waals surface area contributed by atoms with Crippen LogP contribution in [0.4, 0.5) is 5.82 Å². The molecule has 1 aromatic rings. The van der Waals surface area contributed by atoms with E-state index < -0.39 is 0 Å². The zero-order valence-corrected chi connectivity index (χ0v) is 15.7. The molecular formula is C18H29N5O2. The van der Waals surface area contributed by atoms with E-state index in [1.807, 2.05) is 43.7 Å². The molecule has 1 aromatic heterocycles. The van der Waals surface area contributed by atoms with Crippen LogP contribution in [0.3, 0.4) is 0 Å². The molecule has 3 rings (SSSR count). The van der Waals surface area contributed by atoms with E-state index in [0.29, 0.717) is 13.1 Å². The van der Waals surface area contributed by atoms with Crippen LogP contribution in [0.25, 0.3) is 0 Å². The number of aromatic nitrogens is 2. The number of carbonyl (C=O) groups excluding carboxylic acids is 2. The summed E-state index contributed by atoms with van der Waals surface area (Å²) in [5.74, 6) is 1.28. The molecule has 7 heteroatoms. The van der Waals surface area contributed by atoms with Crippen LogP contribution >= 0.6 is 0 Å². The third kappa shape index (κ3) is 3.56. The fourth-order valence-corrected chi connectivity index (χ4v) is 3.89. The van der Waals surface area contributed by atoms with Gasteiger partial charge in [0, 0.05) is 51.8 Å². The van der Waals surface area contributed by atoms with E-state index in [4.69, 9.17) is 0 Å². The second-order valence-electron chi connectivity index (χ2n) is 7.43. The first kappa shape index (κ1) is 17.9. The normalized spacial score (nSPS) is 22.8. The molecule has 0 aromatic carbocycles. The standard InChI is InChI=1S/C18H29N5O2/c1-13(2)17(24)22-10-8-21(9-11-22)15-6-5-7-23(18(15)25)16-12-14(3)19-20(16)4/h12-13,15H,5-11H2,1-4H3/t15-/m0/s1. The van der Waals surface area contributed by atoms with Gasteiger partial charge in [0.25, 0.3) is 0 Å². The van der Waals surface area contributed by atoms with Gasteiger partial charge in [0.2, 0.25) is 11.8 Å². The Morgan fingerprint density at radius 2 is 1.88 bits per heavy atom. The average molecular weight is 347 g/mol. The van der Waals surface area contributed by atoms with Crippen molar-refractivity contribution in [1.82, 2.24) is 19.6 Å². The molecule has 138 valence electrons. The second kappa shape index (κ2) is 7.15. The highest BCUT2D eigenvalue weighted by Gasteiger charge is 2.37. The number of anilines is 1. The molecule has 0 N–H and O–H groups in total. The van der Waals surface area contributed by atoms with Gasteiger partial charge >= 0.3 is 0 Å². The molecule has 2 aliphatic heterocycles. The largest absolute Gasteiger partial charge is 0.340 e. The minimum absolute atomic E-state index is 0.0337. The van der Waals surface area contributed by atoms with Gasteiger partial charge < -0.3 is 4.90 Å². The van der Waals surface area contributed by atoms with Crippen molar-refractivity contribution in [2.45, 2.75) is 39.7 Å². The van der Waals surface area contributed by atoms with Crippen LogP contribution in [0.1, 0.15) is 32.4 Å². The van der Waals surface area contributed by atoms with Crippen LogP contribution in [0.5, 0.6) is 0 Å². The van der Waals surface area contributed by atoms with Crippen LogP contribution in [0.2, 0.25) is 0 Å². The molecule has 1 atom stereocenters. The summed E-state index contributed by atoms with van der Waals surface area (Å²) in [5, 5.41) is 4.37. The minimum atomic E-state index is -0.0831. The second-order valence-corrected chi connectivity index (χ2v) is 7.43. The highest BCUT2D eigenvalue weighted by atomic mass is 16.2. The number of aryl methyl sites for hydroxylation is 2. The van der Waals surface area contributed by atoms with E-state index >= 15 is 0 Å². The van der Waals surface area contributed by atoms with E-state index in [9.17, 15) is 9.59 Å². The van der Waals surface area contributed by atoms with Crippen LogP contribution in [-0.2, 0) is 16.6 Å². The Hall–Kier alpha value is -1.89. The van der Waals surface area contributed by atoms with Gasteiger partial charge in [-0.05, 0) is 19.8 Å². The molecule has 25 heavy (non-hydrogen) atoms. The van der Waals surface area contributed by atoms with Crippen molar-refractivity contribution in [1.29, 1.82) is 0 Å². The molecule has 3 heterocycles. The summed E-state index contributed by atoms with van der Waals surface area (Å²) in [4.78, 5) is 31.3. The molecule has 0 aliphatic carbocycles. The first-order chi connectivity index (χ1) is 11.9. The lowest BCUT2D eigenvalue weighted by atomic mass is 10.0. The summed E-state index contributed by atoms with van der Waals surface area (Å²) in [7, 11) is 1.88. The Kier molecular flexibility index (Phi) is 5.13. The molecule has 2 fully saturated rings. The van der Waals surface area contributed by atoms with Gasteiger partial charge in [0.05, 0.1) is 11.7 Å². The van der Waals surface area contributed by atoms with Crippen molar-refractivity contribution >= 4 is 17.6 Å². The number of piperazine rings is 1. The zero-order valence-electron chi connectivity index (χ0n) is 15.7. The van der Waals surface area contributed by atoms with Crippen molar-refractivity contribution in [3.8, 4) is 0 Å². The maximum atomic E-state index is 13.1. The molecular weight excluding hydrogens is 318 g/mol. The quantitative estimate of drug-likeness (QED) is 0.819. The van der Waals surface area contributed by atoms with E-state index in [0.717, 1.165) is 44.0 Å². The van der Waals surface area contributed by atoms with E-state index in [1.54, 1.807) is 4.68 Å². The fourth-order valence-electron chi connectivity index (χ4n) is 3.89. The van der Waals surface area contributed by atoms with E-state index in [2.05, 4.69) is 10.00 Å². The lowest BCUT2D eigenvalue weighted by molar-refractivity contribution is -0.137. The van der Waals surface area contributed by atoms with Crippen molar-refractivity contribution in [3.63, 3.8) is 0 Å². The summed E-state index contributed by atoms with van der Waals surface area (Å²) in [6.07, 6.45) is 1.88. The third-order valence-electron chi connectivity index (χ3n) is 5.22. The number of hydrogen-bond acceptors (Lipinski definition) is 4. The third-order valence-corrected chi connectivity index (χ3v) is 5.22. The molecule has 7 nitrogen and oxygen atoms in total. The van der Waals surface area contributed by atoms with Gasteiger partial charge in [-0.2, -0.15) is 5.10 Å². The monoisotopic (exact) mass is 347 g/mol. The maximum absolute atomic E-state index is 13.1. The van der Waals surface area contributed by atoms with Gasteiger partial charge in [0.1, 0.15) is 5.82 Å². The van der Waals surface area contributed by atoms with Gasteiger partial charge in [0.15, 0.2) is 0 Å².